The monoisotopic (exact) mass is 290 g/mol. The molecule has 0 amide bonds. The van der Waals surface area contributed by atoms with Crippen molar-refractivity contribution in [1.29, 1.82) is 0 Å². The van der Waals surface area contributed by atoms with Gasteiger partial charge >= 0.3 is 0 Å². The second-order valence-electron chi connectivity index (χ2n) is 6.18. The van der Waals surface area contributed by atoms with E-state index < -0.39 is 5.72 Å². The first-order chi connectivity index (χ1) is 10.6. The molecule has 4 rings (SSSR count). The highest BCUT2D eigenvalue weighted by molar-refractivity contribution is 5.79. The molecule has 0 spiro atoms. The molecule has 0 fully saturated rings. The molecule has 1 aromatic heterocycles. The van der Waals surface area contributed by atoms with Gasteiger partial charge in [-0.1, -0.05) is 36.4 Å². The van der Waals surface area contributed by atoms with Crippen LogP contribution >= 0.6 is 0 Å². The minimum absolute atomic E-state index is 0.107. The van der Waals surface area contributed by atoms with E-state index >= 15 is 0 Å². The summed E-state index contributed by atoms with van der Waals surface area (Å²) in [5.74, 6) is 0. The van der Waals surface area contributed by atoms with Gasteiger partial charge in [0.1, 0.15) is 11.8 Å². The summed E-state index contributed by atoms with van der Waals surface area (Å²) < 4.78 is 6.28. The fourth-order valence-corrected chi connectivity index (χ4v) is 3.03. The van der Waals surface area contributed by atoms with Crippen LogP contribution in [-0.2, 0) is 4.74 Å². The molecule has 1 unspecified atom stereocenters. The van der Waals surface area contributed by atoms with Crippen LogP contribution in [-0.4, -0.2) is 10.7 Å². The molecule has 2 aromatic carbocycles. The molecular formula is C19H18N2O. The summed E-state index contributed by atoms with van der Waals surface area (Å²) in [6.45, 7) is 4.09. The van der Waals surface area contributed by atoms with Crippen molar-refractivity contribution in [3.8, 4) is 0 Å². The van der Waals surface area contributed by atoms with Crippen molar-refractivity contribution in [2.45, 2.75) is 25.7 Å². The standard InChI is InChI=1S/C19H18N2O/c1-19(2)21-17-10-6-4-8-15(17)18(22-19)14-11-13-7-3-5-9-16(13)20-12-14/h3-12,18,21H,1-2H3. The first-order valence-electron chi connectivity index (χ1n) is 7.52. The molecule has 2 heterocycles. The predicted molar refractivity (Wildman–Crippen MR) is 88.8 cm³/mol. The number of nitrogens with zero attached hydrogens (tertiary/aromatic N) is 1. The van der Waals surface area contributed by atoms with E-state index in [1.165, 1.54) is 0 Å². The number of hydrogen-bond acceptors (Lipinski definition) is 3. The van der Waals surface area contributed by atoms with Crippen LogP contribution in [0.15, 0.2) is 60.8 Å². The lowest BCUT2D eigenvalue weighted by Gasteiger charge is -2.39. The maximum absolute atomic E-state index is 6.28. The van der Waals surface area contributed by atoms with Crippen LogP contribution in [0.4, 0.5) is 5.69 Å². The predicted octanol–water partition coefficient (Wildman–Crippen LogP) is 4.50. The summed E-state index contributed by atoms with van der Waals surface area (Å²) in [7, 11) is 0. The number of pyridine rings is 1. The minimum Gasteiger partial charge on any atom is -0.358 e. The molecule has 0 radical (unpaired) electrons. The quantitative estimate of drug-likeness (QED) is 0.716. The Kier molecular flexibility index (Phi) is 2.91. The summed E-state index contributed by atoms with van der Waals surface area (Å²) in [5.41, 5.74) is 3.95. The maximum Gasteiger partial charge on any atom is 0.134 e. The zero-order valence-corrected chi connectivity index (χ0v) is 12.7. The summed E-state index contributed by atoms with van der Waals surface area (Å²) in [6, 6.07) is 18.6. The zero-order chi connectivity index (χ0) is 15.2. The first kappa shape index (κ1) is 13.3. The van der Waals surface area contributed by atoms with E-state index in [2.05, 4.69) is 34.6 Å². The molecule has 3 nitrogen and oxygen atoms in total. The summed E-state index contributed by atoms with van der Waals surface area (Å²) in [4.78, 5) is 4.58. The highest BCUT2D eigenvalue weighted by atomic mass is 16.5. The molecule has 1 atom stereocenters. The molecule has 0 saturated carbocycles. The molecular weight excluding hydrogens is 272 g/mol. The number of rotatable bonds is 1. The van der Waals surface area contributed by atoms with E-state index in [4.69, 9.17) is 4.74 Å². The number of aromatic nitrogens is 1. The van der Waals surface area contributed by atoms with Crippen molar-refractivity contribution in [3.63, 3.8) is 0 Å². The molecule has 0 saturated heterocycles. The average Bonchev–Trinajstić information content (AvgIpc) is 2.53. The number of ether oxygens (including phenoxy) is 1. The van der Waals surface area contributed by atoms with E-state index in [1.807, 2.05) is 50.4 Å². The van der Waals surface area contributed by atoms with Gasteiger partial charge in [0.05, 0.1) is 5.52 Å². The number of nitrogens with one attached hydrogen (secondary N) is 1. The van der Waals surface area contributed by atoms with Crippen LogP contribution in [0.1, 0.15) is 31.1 Å². The van der Waals surface area contributed by atoms with Crippen LogP contribution in [0.25, 0.3) is 10.9 Å². The Morgan fingerprint density at radius 3 is 2.73 bits per heavy atom. The number of fused-ring (bicyclic) bond motifs is 2. The third-order valence-corrected chi connectivity index (χ3v) is 4.01. The molecule has 22 heavy (non-hydrogen) atoms. The highest BCUT2D eigenvalue weighted by Crippen LogP contribution is 2.40. The maximum atomic E-state index is 6.28. The van der Waals surface area contributed by atoms with Gasteiger partial charge in [-0.2, -0.15) is 0 Å². The number of para-hydroxylation sites is 2. The lowest BCUT2D eigenvalue weighted by molar-refractivity contribution is -0.0440. The molecule has 110 valence electrons. The molecule has 3 heteroatoms. The fourth-order valence-electron chi connectivity index (χ4n) is 3.03. The normalized spacial score (nSPS) is 19.5. The van der Waals surface area contributed by atoms with Crippen molar-refractivity contribution < 1.29 is 4.74 Å². The lowest BCUT2D eigenvalue weighted by Crippen LogP contribution is -2.40. The highest BCUT2D eigenvalue weighted by Gasteiger charge is 2.33. The molecule has 1 aliphatic heterocycles. The third kappa shape index (κ3) is 2.24. The Balaban J connectivity index is 1.86. The van der Waals surface area contributed by atoms with Crippen LogP contribution in [0.3, 0.4) is 0 Å². The molecule has 0 bridgehead atoms. The van der Waals surface area contributed by atoms with Gasteiger partial charge < -0.3 is 10.1 Å². The molecule has 0 aliphatic carbocycles. The number of benzene rings is 2. The van der Waals surface area contributed by atoms with Crippen molar-refractivity contribution in [1.82, 2.24) is 4.98 Å². The molecule has 1 aliphatic rings. The Hall–Kier alpha value is -2.39. The Morgan fingerprint density at radius 1 is 1.05 bits per heavy atom. The SMILES string of the molecule is CC1(C)Nc2ccccc2C(c2cnc3ccccc3c2)O1. The zero-order valence-electron chi connectivity index (χ0n) is 12.7. The topological polar surface area (TPSA) is 34.2 Å². The van der Waals surface area contributed by atoms with Crippen LogP contribution in [0.2, 0.25) is 0 Å². The van der Waals surface area contributed by atoms with Gasteiger partial charge in [0, 0.05) is 28.4 Å². The lowest BCUT2D eigenvalue weighted by atomic mass is 9.97. The van der Waals surface area contributed by atoms with Crippen molar-refractivity contribution in [3.05, 3.63) is 71.9 Å². The van der Waals surface area contributed by atoms with Crippen molar-refractivity contribution in [2.24, 2.45) is 0 Å². The van der Waals surface area contributed by atoms with E-state index in [1.54, 1.807) is 0 Å². The second kappa shape index (κ2) is 4.82. The fraction of sp³-hybridized carbons (Fsp3) is 0.211. The van der Waals surface area contributed by atoms with Gasteiger partial charge in [-0.25, -0.2) is 0 Å². The summed E-state index contributed by atoms with van der Waals surface area (Å²) in [5, 5.41) is 4.57. The van der Waals surface area contributed by atoms with Crippen molar-refractivity contribution in [2.75, 3.05) is 5.32 Å². The summed E-state index contributed by atoms with van der Waals surface area (Å²) in [6.07, 6.45) is 1.81. The van der Waals surface area contributed by atoms with E-state index in [-0.39, 0.29) is 6.10 Å². The smallest absolute Gasteiger partial charge is 0.134 e. The Labute approximate surface area is 130 Å². The summed E-state index contributed by atoms with van der Waals surface area (Å²) >= 11 is 0. The van der Waals surface area contributed by atoms with Crippen LogP contribution in [0.5, 0.6) is 0 Å². The van der Waals surface area contributed by atoms with Crippen LogP contribution < -0.4 is 5.32 Å². The number of anilines is 1. The first-order valence-corrected chi connectivity index (χ1v) is 7.52. The van der Waals surface area contributed by atoms with Gasteiger partial charge in [0.15, 0.2) is 0 Å². The van der Waals surface area contributed by atoms with Gasteiger partial charge in [-0.15, -0.1) is 0 Å². The Bertz CT molecular complexity index is 841. The van der Waals surface area contributed by atoms with Gasteiger partial charge in [0.2, 0.25) is 0 Å². The minimum atomic E-state index is -0.412. The van der Waals surface area contributed by atoms with Crippen LogP contribution in [0, 0.1) is 0 Å². The number of hydrogen-bond donors (Lipinski definition) is 1. The Morgan fingerprint density at radius 2 is 1.82 bits per heavy atom. The molecule has 3 aromatic rings. The van der Waals surface area contributed by atoms with E-state index in [0.717, 1.165) is 27.7 Å². The van der Waals surface area contributed by atoms with E-state index in [9.17, 15) is 0 Å². The van der Waals surface area contributed by atoms with Crippen molar-refractivity contribution >= 4 is 16.6 Å². The third-order valence-electron chi connectivity index (χ3n) is 4.01. The largest absolute Gasteiger partial charge is 0.358 e. The second-order valence-corrected chi connectivity index (χ2v) is 6.18. The average molecular weight is 290 g/mol. The van der Waals surface area contributed by atoms with Gasteiger partial charge in [0.25, 0.3) is 0 Å². The molecule has 1 N–H and O–H groups in total. The van der Waals surface area contributed by atoms with E-state index in [0.29, 0.717) is 0 Å². The van der Waals surface area contributed by atoms with Gasteiger partial charge in [-0.3, -0.25) is 4.98 Å². The van der Waals surface area contributed by atoms with Gasteiger partial charge in [-0.05, 0) is 32.0 Å².